The van der Waals surface area contributed by atoms with E-state index in [2.05, 4.69) is 61.9 Å². The first-order valence-electron chi connectivity index (χ1n) is 6.36. The fourth-order valence-corrected chi connectivity index (χ4v) is 2.19. The van der Waals surface area contributed by atoms with Crippen LogP contribution in [-0.2, 0) is 5.41 Å². The van der Waals surface area contributed by atoms with Gasteiger partial charge < -0.3 is 9.80 Å². The van der Waals surface area contributed by atoms with Gasteiger partial charge in [0, 0.05) is 31.9 Å². The Hall–Kier alpha value is -1.02. The van der Waals surface area contributed by atoms with E-state index in [0.29, 0.717) is 0 Å². The molecule has 0 spiro atoms. The molecule has 17 heavy (non-hydrogen) atoms. The second-order valence-corrected chi connectivity index (χ2v) is 5.72. The molecule has 1 aliphatic rings. The van der Waals surface area contributed by atoms with Crippen LogP contribution in [0.3, 0.4) is 0 Å². The lowest BCUT2D eigenvalue weighted by Gasteiger charge is -2.34. The highest BCUT2D eigenvalue weighted by Crippen LogP contribution is 2.24. The summed E-state index contributed by atoms with van der Waals surface area (Å²) >= 11 is 0. The highest BCUT2D eigenvalue weighted by Gasteiger charge is 2.16. The van der Waals surface area contributed by atoms with Crippen LogP contribution in [0.25, 0.3) is 0 Å². The summed E-state index contributed by atoms with van der Waals surface area (Å²) in [6, 6.07) is 8.88. The van der Waals surface area contributed by atoms with E-state index in [1.807, 2.05) is 0 Å². The van der Waals surface area contributed by atoms with E-state index in [-0.39, 0.29) is 5.41 Å². The van der Waals surface area contributed by atoms with Crippen LogP contribution in [0.4, 0.5) is 5.69 Å². The summed E-state index contributed by atoms with van der Waals surface area (Å²) in [5, 5.41) is 0. The highest BCUT2D eigenvalue weighted by atomic mass is 15.2. The molecule has 1 radical (unpaired) electrons. The van der Waals surface area contributed by atoms with Crippen LogP contribution in [0.1, 0.15) is 19.4 Å². The minimum absolute atomic E-state index is 0.000641. The number of hydrogen-bond acceptors (Lipinski definition) is 2. The third-order valence-electron chi connectivity index (χ3n) is 3.52. The minimum Gasteiger partial charge on any atom is -0.369 e. The quantitative estimate of drug-likeness (QED) is 0.772. The van der Waals surface area contributed by atoms with Crippen molar-refractivity contribution in [2.24, 2.45) is 0 Å². The molecule has 0 bridgehead atoms. The summed E-state index contributed by atoms with van der Waals surface area (Å²) < 4.78 is 0. The summed E-state index contributed by atoms with van der Waals surface area (Å²) in [6.07, 6.45) is 0. The SMILES string of the molecule is [CH2]C(C)(C)c1ccc(N2CCN(C)CC2)cc1. The monoisotopic (exact) mass is 231 g/mol. The molecule has 0 saturated carbocycles. The molecular formula is C15H23N2. The molecule has 1 saturated heterocycles. The van der Waals surface area contributed by atoms with E-state index in [9.17, 15) is 0 Å². The average Bonchev–Trinajstić information content (AvgIpc) is 2.29. The summed E-state index contributed by atoms with van der Waals surface area (Å²) in [4.78, 5) is 4.84. The van der Waals surface area contributed by atoms with Crippen molar-refractivity contribution in [2.75, 3.05) is 38.1 Å². The van der Waals surface area contributed by atoms with Crippen LogP contribution < -0.4 is 4.90 Å². The molecule has 0 aliphatic carbocycles. The van der Waals surface area contributed by atoms with Gasteiger partial charge in [0.2, 0.25) is 0 Å². The van der Waals surface area contributed by atoms with Crippen molar-refractivity contribution < 1.29 is 0 Å². The molecule has 0 amide bonds. The molecular weight excluding hydrogens is 208 g/mol. The molecule has 0 aromatic heterocycles. The van der Waals surface area contributed by atoms with Crippen molar-refractivity contribution >= 4 is 5.69 Å². The number of piperazine rings is 1. The molecule has 1 heterocycles. The second-order valence-electron chi connectivity index (χ2n) is 5.72. The molecule has 2 nitrogen and oxygen atoms in total. The number of anilines is 1. The molecule has 93 valence electrons. The highest BCUT2D eigenvalue weighted by molar-refractivity contribution is 5.49. The number of nitrogens with zero attached hydrogens (tertiary/aromatic N) is 2. The van der Waals surface area contributed by atoms with Crippen molar-refractivity contribution in [1.29, 1.82) is 0 Å². The van der Waals surface area contributed by atoms with Gasteiger partial charge >= 0.3 is 0 Å². The lowest BCUT2D eigenvalue weighted by Crippen LogP contribution is -2.44. The topological polar surface area (TPSA) is 6.48 Å². The van der Waals surface area contributed by atoms with E-state index in [1.165, 1.54) is 11.3 Å². The van der Waals surface area contributed by atoms with Crippen molar-refractivity contribution in [3.8, 4) is 0 Å². The minimum atomic E-state index is 0.000641. The van der Waals surface area contributed by atoms with Gasteiger partial charge in [-0.1, -0.05) is 26.0 Å². The zero-order valence-electron chi connectivity index (χ0n) is 11.2. The molecule has 1 fully saturated rings. The predicted octanol–water partition coefficient (Wildman–Crippen LogP) is 2.55. The largest absolute Gasteiger partial charge is 0.369 e. The Kier molecular flexibility index (Phi) is 3.43. The van der Waals surface area contributed by atoms with Crippen molar-refractivity contribution in [2.45, 2.75) is 19.3 Å². The Bertz CT molecular complexity index is 354. The maximum atomic E-state index is 4.17. The maximum absolute atomic E-state index is 4.17. The number of likely N-dealkylation sites (N-methyl/N-ethyl adjacent to an activating group) is 1. The van der Waals surface area contributed by atoms with Gasteiger partial charge in [0.25, 0.3) is 0 Å². The van der Waals surface area contributed by atoms with Gasteiger partial charge in [0.15, 0.2) is 0 Å². The number of benzene rings is 1. The molecule has 0 atom stereocenters. The molecule has 1 aromatic carbocycles. The van der Waals surface area contributed by atoms with E-state index < -0.39 is 0 Å². The van der Waals surface area contributed by atoms with Crippen LogP contribution in [0.15, 0.2) is 24.3 Å². The fraction of sp³-hybridized carbons (Fsp3) is 0.533. The third kappa shape index (κ3) is 3.01. The van der Waals surface area contributed by atoms with Crippen LogP contribution in [-0.4, -0.2) is 38.1 Å². The van der Waals surface area contributed by atoms with E-state index in [0.717, 1.165) is 26.2 Å². The van der Waals surface area contributed by atoms with Gasteiger partial charge in [0.05, 0.1) is 0 Å². The lowest BCUT2D eigenvalue weighted by molar-refractivity contribution is 0.313. The van der Waals surface area contributed by atoms with Gasteiger partial charge in [0.1, 0.15) is 0 Å². The Morgan fingerprint density at radius 2 is 1.53 bits per heavy atom. The van der Waals surface area contributed by atoms with E-state index in [4.69, 9.17) is 0 Å². The van der Waals surface area contributed by atoms with Crippen LogP contribution in [0, 0.1) is 6.92 Å². The average molecular weight is 231 g/mol. The summed E-state index contributed by atoms with van der Waals surface area (Å²) in [6.45, 7) is 13.0. The second kappa shape index (κ2) is 4.69. The van der Waals surface area contributed by atoms with Crippen LogP contribution in [0.5, 0.6) is 0 Å². The van der Waals surface area contributed by atoms with Crippen LogP contribution >= 0.6 is 0 Å². The number of rotatable bonds is 2. The zero-order valence-corrected chi connectivity index (χ0v) is 11.2. The van der Waals surface area contributed by atoms with Crippen LogP contribution in [0.2, 0.25) is 0 Å². The standard InChI is InChI=1S/C15H23N2/c1-15(2,3)13-5-7-14(8-6-13)17-11-9-16(4)10-12-17/h5-8H,1,9-12H2,2-4H3. The van der Waals surface area contributed by atoms with Gasteiger partial charge in [-0.25, -0.2) is 0 Å². The van der Waals surface area contributed by atoms with Gasteiger partial charge in [-0.2, -0.15) is 0 Å². The third-order valence-corrected chi connectivity index (χ3v) is 3.52. The summed E-state index contributed by atoms with van der Waals surface area (Å²) in [7, 11) is 2.19. The first-order chi connectivity index (χ1) is 7.97. The molecule has 1 aliphatic heterocycles. The van der Waals surface area contributed by atoms with E-state index >= 15 is 0 Å². The Balaban J connectivity index is 2.08. The normalized spacial score (nSPS) is 18.5. The van der Waals surface area contributed by atoms with Crippen molar-refractivity contribution in [1.82, 2.24) is 4.90 Å². The maximum Gasteiger partial charge on any atom is 0.0367 e. The molecule has 2 rings (SSSR count). The number of hydrogen-bond donors (Lipinski definition) is 0. The smallest absolute Gasteiger partial charge is 0.0367 e. The van der Waals surface area contributed by atoms with E-state index in [1.54, 1.807) is 0 Å². The molecule has 2 heteroatoms. The summed E-state index contributed by atoms with van der Waals surface area (Å²) in [5.74, 6) is 0. The fourth-order valence-electron chi connectivity index (χ4n) is 2.19. The summed E-state index contributed by atoms with van der Waals surface area (Å²) in [5.41, 5.74) is 2.64. The van der Waals surface area contributed by atoms with Gasteiger partial charge in [-0.15, -0.1) is 0 Å². The van der Waals surface area contributed by atoms with Crippen molar-refractivity contribution in [3.63, 3.8) is 0 Å². The van der Waals surface area contributed by atoms with Gasteiger partial charge in [-0.05, 0) is 37.1 Å². The predicted molar refractivity (Wildman–Crippen MR) is 74.5 cm³/mol. The Morgan fingerprint density at radius 3 is 2.00 bits per heavy atom. The first-order valence-corrected chi connectivity index (χ1v) is 6.36. The lowest BCUT2D eigenvalue weighted by atomic mass is 9.87. The van der Waals surface area contributed by atoms with Gasteiger partial charge in [-0.3, -0.25) is 0 Å². The zero-order chi connectivity index (χ0) is 12.5. The Labute approximate surface area is 105 Å². The molecule has 1 aromatic rings. The van der Waals surface area contributed by atoms with Crippen molar-refractivity contribution in [3.05, 3.63) is 36.8 Å². The Morgan fingerprint density at radius 1 is 1.00 bits per heavy atom. The molecule has 0 unspecified atom stereocenters. The first kappa shape index (κ1) is 12.4. The molecule has 0 N–H and O–H groups in total.